The maximum absolute atomic E-state index is 15.0. The summed E-state index contributed by atoms with van der Waals surface area (Å²) < 4.78 is 54.6. The summed E-state index contributed by atoms with van der Waals surface area (Å²) in [5, 5.41) is 3.36. The Morgan fingerprint density at radius 1 is 0.476 bits per heavy atom. The molecule has 0 fully saturated rings. The van der Waals surface area contributed by atoms with Gasteiger partial charge in [-0.25, -0.2) is 9.13 Å². The summed E-state index contributed by atoms with van der Waals surface area (Å²) in [7, 11) is -8.02. The first-order valence-electron chi connectivity index (χ1n) is 13.5. The first-order chi connectivity index (χ1) is 20.5. The molecular formula is C33H29NO6P2. The molecule has 42 heavy (non-hydrogen) atoms. The van der Waals surface area contributed by atoms with Crippen LogP contribution in [-0.2, 0) is 9.13 Å². The second kappa shape index (κ2) is 12.2. The number of fused-ring (bicyclic) bond motifs is 1. The van der Waals surface area contributed by atoms with Gasteiger partial charge in [0.05, 0.1) is 0 Å². The highest BCUT2D eigenvalue weighted by Gasteiger charge is 2.51. The Hall–Kier alpha value is -4.44. The Morgan fingerprint density at radius 2 is 0.833 bits per heavy atom. The van der Waals surface area contributed by atoms with Crippen molar-refractivity contribution in [1.29, 1.82) is 0 Å². The smallest absolute Gasteiger partial charge is 0.416 e. The van der Waals surface area contributed by atoms with Crippen LogP contribution in [0.3, 0.4) is 0 Å². The van der Waals surface area contributed by atoms with Gasteiger partial charge in [0.1, 0.15) is 28.7 Å². The summed E-state index contributed by atoms with van der Waals surface area (Å²) in [6, 6.07) is 43.0. The van der Waals surface area contributed by atoms with Crippen LogP contribution < -0.4 is 23.4 Å². The molecule has 0 aliphatic carbocycles. The van der Waals surface area contributed by atoms with Gasteiger partial charge in [0.15, 0.2) is 5.78 Å². The molecule has 1 N–H and O–H groups in total. The summed E-state index contributed by atoms with van der Waals surface area (Å²) in [6.45, 7) is 0. The fourth-order valence-electron chi connectivity index (χ4n) is 4.81. The van der Waals surface area contributed by atoms with E-state index in [1.807, 2.05) is 48.5 Å². The zero-order valence-corrected chi connectivity index (χ0v) is 24.4. The maximum atomic E-state index is 15.0. The van der Waals surface area contributed by atoms with Crippen LogP contribution in [0.4, 0.5) is 5.69 Å². The van der Waals surface area contributed by atoms with Gasteiger partial charge in [0.2, 0.25) is 0 Å². The highest BCUT2D eigenvalue weighted by molar-refractivity contribution is 7.56. The average Bonchev–Trinajstić information content (AvgIpc) is 3.02. The summed E-state index contributed by atoms with van der Waals surface area (Å²) in [6.07, 6.45) is 0.0743. The minimum atomic E-state index is -4.01. The van der Waals surface area contributed by atoms with Gasteiger partial charge in [-0.1, -0.05) is 91.0 Å². The van der Waals surface area contributed by atoms with E-state index in [1.165, 1.54) is 0 Å². The molecule has 0 amide bonds. The van der Waals surface area contributed by atoms with Crippen molar-refractivity contribution in [2.75, 3.05) is 5.32 Å². The summed E-state index contributed by atoms with van der Waals surface area (Å²) >= 11 is 0. The minimum Gasteiger partial charge on any atom is -0.416 e. The largest absolute Gasteiger partial charge is 0.452 e. The van der Waals surface area contributed by atoms with E-state index in [1.54, 1.807) is 97.1 Å². The van der Waals surface area contributed by atoms with E-state index in [4.69, 9.17) is 18.1 Å². The highest BCUT2D eigenvalue weighted by Crippen LogP contribution is 2.67. The molecule has 0 saturated carbocycles. The van der Waals surface area contributed by atoms with E-state index < -0.39 is 26.6 Å². The topological polar surface area (TPSA) is 83.1 Å². The van der Waals surface area contributed by atoms with Crippen LogP contribution in [0.2, 0.25) is 0 Å². The van der Waals surface area contributed by atoms with E-state index in [-0.39, 0.29) is 6.42 Å². The Labute approximate surface area is 245 Å². The van der Waals surface area contributed by atoms with Gasteiger partial charge in [0.25, 0.3) is 0 Å². The van der Waals surface area contributed by atoms with Crippen LogP contribution in [-0.4, -0.2) is 5.78 Å². The molecule has 0 aromatic heterocycles. The third-order valence-corrected chi connectivity index (χ3v) is 11.0. The molecule has 2 unspecified atom stereocenters. The Balaban J connectivity index is 1.44. The van der Waals surface area contributed by atoms with E-state index in [0.29, 0.717) is 28.7 Å². The molecule has 6 rings (SSSR count). The third-order valence-electron chi connectivity index (χ3n) is 6.76. The van der Waals surface area contributed by atoms with Crippen LogP contribution in [0.25, 0.3) is 0 Å². The molecule has 0 spiro atoms. The summed E-state index contributed by atoms with van der Waals surface area (Å²) in [4.78, 5) is 0. The van der Waals surface area contributed by atoms with Gasteiger partial charge in [-0.2, -0.15) is 0 Å². The van der Waals surface area contributed by atoms with E-state index in [9.17, 15) is 4.57 Å². The quantitative estimate of drug-likeness (QED) is 0.161. The molecule has 0 bridgehead atoms. The van der Waals surface area contributed by atoms with Crippen molar-refractivity contribution >= 4 is 20.9 Å². The van der Waals surface area contributed by atoms with E-state index in [0.717, 1.165) is 5.56 Å². The molecule has 212 valence electrons. The van der Waals surface area contributed by atoms with Crippen LogP contribution in [0.5, 0.6) is 23.0 Å². The predicted octanol–water partition coefficient (Wildman–Crippen LogP) is 9.57. The molecule has 5 aromatic rings. The van der Waals surface area contributed by atoms with Crippen molar-refractivity contribution in [1.82, 2.24) is 0 Å². The van der Waals surface area contributed by atoms with Crippen LogP contribution in [0.1, 0.15) is 17.6 Å². The lowest BCUT2D eigenvalue weighted by Gasteiger charge is -2.38. The van der Waals surface area contributed by atoms with Crippen LogP contribution in [0, 0.1) is 0 Å². The molecule has 0 radical (unpaired) electrons. The lowest BCUT2D eigenvalue weighted by Crippen LogP contribution is -2.32. The van der Waals surface area contributed by atoms with E-state index >= 15 is 4.57 Å². The molecule has 1 aliphatic heterocycles. The van der Waals surface area contributed by atoms with Crippen molar-refractivity contribution in [2.24, 2.45) is 0 Å². The Morgan fingerprint density at radius 3 is 1.26 bits per heavy atom. The van der Waals surface area contributed by atoms with Gasteiger partial charge in [-0.05, 0) is 60.2 Å². The zero-order chi connectivity index (χ0) is 28.8. The second-order valence-electron chi connectivity index (χ2n) is 9.70. The molecule has 0 saturated heterocycles. The first kappa shape index (κ1) is 27.7. The summed E-state index contributed by atoms with van der Waals surface area (Å²) in [5.74, 6) is 0.670. The lowest BCUT2D eigenvalue weighted by molar-refractivity contribution is 0.355. The van der Waals surface area contributed by atoms with Gasteiger partial charge < -0.3 is 23.4 Å². The van der Waals surface area contributed by atoms with Crippen LogP contribution in [0.15, 0.2) is 146 Å². The van der Waals surface area contributed by atoms with Crippen LogP contribution >= 0.6 is 15.2 Å². The SMILES string of the molecule is O=P(Oc1ccccc1)(Oc1ccccc1)C1CC(P(=O)(Oc2ccccc2)Oc2ccccc2)c2ccccc2N1. The number of para-hydroxylation sites is 5. The average molecular weight is 598 g/mol. The normalized spacial score (nSPS) is 16.4. The fraction of sp³-hybridized carbons (Fsp3) is 0.0909. The molecular weight excluding hydrogens is 568 g/mol. The zero-order valence-electron chi connectivity index (χ0n) is 22.6. The molecule has 9 heteroatoms. The standard InChI is InChI=1S/C33H29NO6P2/c35-41(37-26-15-5-1-6-16-26,38-27-17-7-2-8-18-27)32-25-33(34-31-24-14-13-23-30(31)32)42(36,39-28-19-9-3-10-20-28)40-29-21-11-4-12-22-29/h1-24,32-34H,25H2. The number of benzene rings is 5. The predicted molar refractivity (Wildman–Crippen MR) is 165 cm³/mol. The molecule has 5 aromatic carbocycles. The minimum absolute atomic E-state index is 0.0743. The van der Waals surface area contributed by atoms with Crippen molar-refractivity contribution in [3.8, 4) is 23.0 Å². The van der Waals surface area contributed by atoms with Crippen molar-refractivity contribution in [3.63, 3.8) is 0 Å². The molecule has 7 nitrogen and oxygen atoms in total. The monoisotopic (exact) mass is 597 g/mol. The van der Waals surface area contributed by atoms with Crippen molar-refractivity contribution in [3.05, 3.63) is 151 Å². The van der Waals surface area contributed by atoms with Gasteiger partial charge in [-0.3, -0.25) is 0 Å². The number of hydrogen-bond donors (Lipinski definition) is 1. The van der Waals surface area contributed by atoms with E-state index in [2.05, 4.69) is 5.32 Å². The number of hydrogen-bond acceptors (Lipinski definition) is 7. The first-order valence-corrected chi connectivity index (χ1v) is 16.8. The summed E-state index contributed by atoms with van der Waals surface area (Å²) in [5.41, 5.74) is 0.545. The maximum Gasteiger partial charge on any atom is 0.452 e. The number of anilines is 1. The highest BCUT2D eigenvalue weighted by atomic mass is 31.2. The Kier molecular flexibility index (Phi) is 8.05. The molecule has 2 atom stereocenters. The van der Waals surface area contributed by atoms with Crippen molar-refractivity contribution in [2.45, 2.75) is 17.9 Å². The fourth-order valence-corrected chi connectivity index (χ4v) is 9.02. The Bertz CT molecular complexity index is 1610. The molecule has 1 aliphatic rings. The molecule has 1 heterocycles. The number of nitrogens with one attached hydrogen (secondary N) is 1. The van der Waals surface area contributed by atoms with Gasteiger partial charge >= 0.3 is 15.2 Å². The van der Waals surface area contributed by atoms with Gasteiger partial charge in [-0.15, -0.1) is 0 Å². The van der Waals surface area contributed by atoms with Gasteiger partial charge in [0, 0.05) is 12.1 Å². The van der Waals surface area contributed by atoms with Crippen molar-refractivity contribution < 1.29 is 27.2 Å². The third kappa shape index (κ3) is 6.23. The second-order valence-corrected chi connectivity index (χ2v) is 13.8. The lowest BCUT2D eigenvalue weighted by atomic mass is 10.0. The number of rotatable bonds is 10.